The molecular weight excluding hydrogens is 383 g/mol. The Labute approximate surface area is 165 Å². The Hall–Kier alpha value is -1.60. The van der Waals surface area contributed by atoms with Crippen LogP contribution in [0.15, 0.2) is 36.7 Å². The molecule has 3 aromatic heterocycles. The van der Waals surface area contributed by atoms with Crippen molar-refractivity contribution < 1.29 is 0 Å². The lowest BCUT2D eigenvalue weighted by Gasteiger charge is -2.28. The fourth-order valence-corrected chi connectivity index (χ4v) is 2.94. The number of halogens is 3. The van der Waals surface area contributed by atoms with Gasteiger partial charge in [-0.05, 0) is 31.2 Å². The largest absolute Gasteiger partial charge is 0.353 e. The Kier molecular flexibility index (Phi) is 7.89. The summed E-state index contributed by atoms with van der Waals surface area (Å²) in [6.07, 6.45) is 3.60. The molecule has 3 aromatic rings. The number of rotatable bonds is 2. The quantitative estimate of drug-likeness (QED) is 0.713. The lowest BCUT2D eigenvalue weighted by Crippen LogP contribution is -2.44. The Balaban J connectivity index is 0.00000104. The Morgan fingerprint density at radius 1 is 0.960 bits per heavy atom. The van der Waals surface area contributed by atoms with E-state index in [1.165, 1.54) is 0 Å². The van der Waals surface area contributed by atoms with Crippen molar-refractivity contribution in [3.05, 3.63) is 42.4 Å². The molecule has 1 saturated heterocycles. The molecule has 0 atom stereocenters. The Morgan fingerprint density at radius 2 is 1.64 bits per heavy atom. The monoisotopic (exact) mass is 402 g/mol. The van der Waals surface area contributed by atoms with Gasteiger partial charge in [0.25, 0.3) is 0 Å². The van der Waals surface area contributed by atoms with Gasteiger partial charge in [-0.25, -0.2) is 9.50 Å². The average Bonchev–Trinajstić information content (AvgIpc) is 2.91. The zero-order chi connectivity index (χ0) is 14.9. The summed E-state index contributed by atoms with van der Waals surface area (Å²) in [7, 11) is 0. The maximum Gasteiger partial charge on any atom is 0.154 e. The molecule has 1 fully saturated rings. The zero-order valence-corrected chi connectivity index (χ0v) is 16.2. The van der Waals surface area contributed by atoms with Crippen LogP contribution in [-0.2, 0) is 0 Å². The first-order valence-corrected chi connectivity index (χ1v) is 7.55. The second-order valence-electron chi connectivity index (χ2n) is 5.48. The number of nitrogens with zero attached hydrogens (tertiary/aromatic N) is 5. The summed E-state index contributed by atoms with van der Waals surface area (Å²) in [5.74, 6) is 1.00. The molecular formula is C16H21Cl3N6. The van der Waals surface area contributed by atoms with E-state index in [-0.39, 0.29) is 37.2 Å². The number of piperazine rings is 1. The van der Waals surface area contributed by atoms with Gasteiger partial charge in [-0.15, -0.1) is 42.3 Å². The van der Waals surface area contributed by atoms with E-state index >= 15 is 0 Å². The number of hydrogen-bond acceptors (Lipinski definition) is 5. The summed E-state index contributed by atoms with van der Waals surface area (Å²) < 4.78 is 1.95. The van der Waals surface area contributed by atoms with Gasteiger partial charge in [0.1, 0.15) is 5.82 Å². The molecule has 4 rings (SSSR count). The molecule has 1 aliphatic heterocycles. The molecule has 0 amide bonds. The molecule has 0 saturated carbocycles. The molecule has 6 nitrogen and oxygen atoms in total. The van der Waals surface area contributed by atoms with Crippen LogP contribution in [0.25, 0.3) is 16.9 Å². The summed E-state index contributed by atoms with van der Waals surface area (Å²) in [5, 5.41) is 8.20. The van der Waals surface area contributed by atoms with Gasteiger partial charge in [0, 0.05) is 44.1 Å². The molecule has 0 radical (unpaired) electrons. The molecule has 1 N–H and O–H groups in total. The second kappa shape index (κ2) is 9.20. The topological polar surface area (TPSA) is 58.4 Å². The highest BCUT2D eigenvalue weighted by Crippen LogP contribution is 2.24. The van der Waals surface area contributed by atoms with Gasteiger partial charge in [0.2, 0.25) is 0 Å². The number of aryl methyl sites for hydroxylation is 1. The van der Waals surface area contributed by atoms with Crippen LogP contribution in [-0.4, -0.2) is 45.8 Å². The molecule has 136 valence electrons. The van der Waals surface area contributed by atoms with Gasteiger partial charge in [0.15, 0.2) is 5.65 Å². The van der Waals surface area contributed by atoms with Crippen LogP contribution in [0.5, 0.6) is 0 Å². The van der Waals surface area contributed by atoms with E-state index in [1.807, 2.05) is 29.6 Å². The number of imidazole rings is 1. The zero-order valence-electron chi connectivity index (χ0n) is 13.8. The van der Waals surface area contributed by atoms with Crippen molar-refractivity contribution in [1.29, 1.82) is 0 Å². The predicted octanol–water partition coefficient (Wildman–Crippen LogP) is 2.77. The molecule has 25 heavy (non-hydrogen) atoms. The van der Waals surface area contributed by atoms with Crippen molar-refractivity contribution in [2.75, 3.05) is 31.1 Å². The molecule has 0 spiro atoms. The van der Waals surface area contributed by atoms with Gasteiger partial charge in [-0.3, -0.25) is 4.98 Å². The van der Waals surface area contributed by atoms with Gasteiger partial charge in [0.05, 0.1) is 11.4 Å². The lowest BCUT2D eigenvalue weighted by molar-refractivity contribution is 0.582. The van der Waals surface area contributed by atoms with Gasteiger partial charge in [-0.2, -0.15) is 0 Å². The minimum absolute atomic E-state index is 0. The maximum atomic E-state index is 4.83. The molecule has 1 aliphatic rings. The average molecular weight is 404 g/mol. The molecule has 4 heterocycles. The minimum atomic E-state index is 0. The fourth-order valence-electron chi connectivity index (χ4n) is 2.94. The smallest absolute Gasteiger partial charge is 0.154 e. The minimum Gasteiger partial charge on any atom is -0.353 e. The lowest BCUT2D eigenvalue weighted by atomic mass is 10.2. The van der Waals surface area contributed by atoms with E-state index in [2.05, 4.69) is 26.3 Å². The van der Waals surface area contributed by atoms with Crippen molar-refractivity contribution in [1.82, 2.24) is 24.9 Å². The van der Waals surface area contributed by atoms with Crippen molar-refractivity contribution in [2.45, 2.75) is 6.92 Å². The van der Waals surface area contributed by atoms with E-state index in [9.17, 15) is 0 Å². The van der Waals surface area contributed by atoms with E-state index < -0.39 is 0 Å². The van der Waals surface area contributed by atoms with E-state index in [0.717, 1.165) is 54.6 Å². The first-order chi connectivity index (χ1) is 10.8. The van der Waals surface area contributed by atoms with Gasteiger partial charge < -0.3 is 10.2 Å². The van der Waals surface area contributed by atoms with Gasteiger partial charge in [-0.1, -0.05) is 0 Å². The van der Waals surface area contributed by atoms with Crippen LogP contribution in [0.4, 0.5) is 5.82 Å². The summed E-state index contributed by atoms with van der Waals surface area (Å²) in [5.41, 5.74) is 3.98. The number of anilines is 1. The molecule has 0 aromatic carbocycles. The van der Waals surface area contributed by atoms with Crippen LogP contribution < -0.4 is 10.2 Å². The molecule has 9 heteroatoms. The first-order valence-electron chi connectivity index (χ1n) is 7.55. The van der Waals surface area contributed by atoms with Crippen LogP contribution in [0.1, 0.15) is 5.69 Å². The number of fused-ring (bicyclic) bond motifs is 1. The Morgan fingerprint density at radius 3 is 2.32 bits per heavy atom. The standard InChI is InChI=1S/C16H18N6.3ClH/c1-12-16(13-4-6-17-7-5-13)22-14(19-12)2-3-15(20-22)21-10-8-18-9-11-21;;;/h2-7,18H,8-11H2,1H3;3*1H. The Bertz CT molecular complexity index is 802. The van der Waals surface area contributed by atoms with Crippen LogP contribution in [0, 0.1) is 6.92 Å². The normalized spacial score (nSPS) is 13.6. The van der Waals surface area contributed by atoms with Crippen LogP contribution in [0.2, 0.25) is 0 Å². The third-order valence-corrected chi connectivity index (χ3v) is 4.03. The molecule has 0 unspecified atom stereocenters. The number of aromatic nitrogens is 4. The molecule has 0 bridgehead atoms. The van der Waals surface area contributed by atoms with E-state index in [0.29, 0.717) is 0 Å². The van der Waals surface area contributed by atoms with Crippen molar-refractivity contribution >= 4 is 48.7 Å². The summed E-state index contributed by atoms with van der Waals surface area (Å²) in [6, 6.07) is 8.09. The van der Waals surface area contributed by atoms with Crippen molar-refractivity contribution in [3.8, 4) is 11.3 Å². The van der Waals surface area contributed by atoms with Gasteiger partial charge >= 0.3 is 0 Å². The van der Waals surface area contributed by atoms with Crippen LogP contribution >= 0.6 is 37.2 Å². The third-order valence-electron chi connectivity index (χ3n) is 4.03. The SMILES string of the molecule is Cc1nc2ccc(N3CCNCC3)nn2c1-c1ccncc1.Cl.Cl.Cl. The number of pyridine rings is 1. The third kappa shape index (κ3) is 4.15. The van der Waals surface area contributed by atoms with Crippen molar-refractivity contribution in [2.24, 2.45) is 0 Å². The highest BCUT2D eigenvalue weighted by atomic mass is 35.5. The van der Waals surface area contributed by atoms with Crippen molar-refractivity contribution in [3.63, 3.8) is 0 Å². The summed E-state index contributed by atoms with van der Waals surface area (Å²) >= 11 is 0. The molecule has 0 aliphatic carbocycles. The van der Waals surface area contributed by atoms with E-state index in [4.69, 9.17) is 5.10 Å². The first kappa shape index (κ1) is 21.4. The predicted molar refractivity (Wildman–Crippen MR) is 108 cm³/mol. The maximum absolute atomic E-state index is 4.83. The van der Waals surface area contributed by atoms with E-state index in [1.54, 1.807) is 12.4 Å². The van der Waals surface area contributed by atoms with Crippen LogP contribution in [0.3, 0.4) is 0 Å². The number of nitrogens with one attached hydrogen (secondary N) is 1. The number of hydrogen-bond donors (Lipinski definition) is 1. The summed E-state index contributed by atoms with van der Waals surface area (Å²) in [6.45, 7) is 5.99. The highest BCUT2D eigenvalue weighted by Gasteiger charge is 2.16. The fraction of sp³-hybridized carbons (Fsp3) is 0.312. The highest BCUT2D eigenvalue weighted by molar-refractivity contribution is 5.86. The second-order valence-corrected chi connectivity index (χ2v) is 5.48. The summed E-state index contributed by atoms with van der Waals surface area (Å²) in [4.78, 5) is 11.0.